The summed E-state index contributed by atoms with van der Waals surface area (Å²) >= 11 is 3.39. The molecule has 0 heterocycles. The minimum atomic E-state index is -0.873. The molecule has 0 aromatic heterocycles. The number of unbranched alkanes of at least 4 members (excludes halogenated alkanes) is 1. The first kappa shape index (κ1) is 14.0. The molecule has 0 aliphatic rings. The number of anilines is 1. The molecule has 0 aliphatic carbocycles. The highest BCUT2D eigenvalue weighted by atomic mass is 79.9. The summed E-state index contributed by atoms with van der Waals surface area (Å²) in [6.45, 7) is 5.88. The average Bonchev–Trinajstić information content (AvgIpc) is 2.29. The molecular formula is C13H18BrNO2. The zero-order chi connectivity index (χ0) is 12.8. The van der Waals surface area contributed by atoms with Crippen molar-refractivity contribution >= 4 is 27.6 Å². The minimum absolute atomic E-state index is 0.367. The molecule has 1 aromatic rings. The Bertz CT molecular complexity index is 393. The van der Waals surface area contributed by atoms with Crippen LogP contribution in [0.3, 0.4) is 0 Å². The number of benzene rings is 1. The highest BCUT2D eigenvalue weighted by Crippen LogP contribution is 2.25. The van der Waals surface area contributed by atoms with Gasteiger partial charge in [-0.3, -0.25) is 0 Å². The molecule has 0 spiro atoms. The zero-order valence-electron chi connectivity index (χ0n) is 10.2. The minimum Gasteiger partial charge on any atom is -0.478 e. The van der Waals surface area contributed by atoms with Gasteiger partial charge < -0.3 is 10.0 Å². The Morgan fingerprint density at radius 2 is 2.12 bits per heavy atom. The van der Waals surface area contributed by atoms with Gasteiger partial charge in [0, 0.05) is 17.6 Å². The fraction of sp³-hybridized carbons (Fsp3) is 0.462. The maximum atomic E-state index is 11.2. The number of nitrogens with zero attached hydrogens (tertiary/aromatic N) is 1. The maximum Gasteiger partial charge on any atom is 0.337 e. The number of rotatable bonds is 6. The lowest BCUT2D eigenvalue weighted by atomic mass is 10.1. The van der Waals surface area contributed by atoms with Crippen LogP contribution in [0.4, 0.5) is 5.69 Å². The first-order valence-electron chi connectivity index (χ1n) is 5.88. The molecule has 0 fully saturated rings. The Hall–Kier alpha value is -1.03. The largest absolute Gasteiger partial charge is 0.478 e. The van der Waals surface area contributed by atoms with E-state index in [9.17, 15) is 9.90 Å². The highest BCUT2D eigenvalue weighted by molar-refractivity contribution is 9.10. The van der Waals surface area contributed by atoms with Crippen molar-refractivity contribution in [3.63, 3.8) is 0 Å². The van der Waals surface area contributed by atoms with Gasteiger partial charge in [-0.25, -0.2) is 4.79 Å². The summed E-state index contributed by atoms with van der Waals surface area (Å²) in [5.41, 5.74) is 1.16. The van der Waals surface area contributed by atoms with Gasteiger partial charge in [0.15, 0.2) is 0 Å². The summed E-state index contributed by atoms with van der Waals surface area (Å²) < 4.78 is 0.910. The van der Waals surface area contributed by atoms with Crippen molar-refractivity contribution in [1.29, 1.82) is 0 Å². The van der Waals surface area contributed by atoms with Gasteiger partial charge in [0.1, 0.15) is 0 Å². The molecule has 0 radical (unpaired) electrons. The Labute approximate surface area is 111 Å². The summed E-state index contributed by atoms with van der Waals surface area (Å²) in [5.74, 6) is -0.873. The molecule has 0 bridgehead atoms. The summed E-state index contributed by atoms with van der Waals surface area (Å²) in [5, 5.41) is 9.18. The van der Waals surface area contributed by atoms with Gasteiger partial charge in [0.25, 0.3) is 0 Å². The molecule has 0 unspecified atom stereocenters. The predicted octanol–water partition coefficient (Wildman–Crippen LogP) is 3.77. The van der Waals surface area contributed by atoms with Gasteiger partial charge in [0.05, 0.1) is 11.3 Å². The Morgan fingerprint density at radius 3 is 2.65 bits per heavy atom. The van der Waals surface area contributed by atoms with Crippen LogP contribution in [-0.4, -0.2) is 24.2 Å². The first-order valence-corrected chi connectivity index (χ1v) is 6.67. The van der Waals surface area contributed by atoms with E-state index in [1.54, 1.807) is 12.1 Å². The Kier molecular flexibility index (Phi) is 5.48. The molecule has 0 aliphatic heterocycles. The van der Waals surface area contributed by atoms with E-state index in [0.717, 1.165) is 36.1 Å². The van der Waals surface area contributed by atoms with E-state index < -0.39 is 5.97 Å². The van der Waals surface area contributed by atoms with Crippen LogP contribution in [-0.2, 0) is 0 Å². The summed E-state index contributed by atoms with van der Waals surface area (Å²) in [6.07, 6.45) is 2.17. The maximum absolute atomic E-state index is 11.2. The van der Waals surface area contributed by atoms with E-state index in [0.29, 0.717) is 5.56 Å². The monoisotopic (exact) mass is 299 g/mol. The second-order valence-corrected chi connectivity index (χ2v) is 4.82. The van der Waals surface area contributed by atoms with Gasteiger partial charge in [-0.1, -0.05) is 29.3 Å². The fourth-order valence-corrected chi connectivity index (χ4v) is 2.09. The van der Waals surface area contributed by atoms with E-state index in [-0.39, 0.29) is 0 Å². The van der Waals surface area contributed by atoms with Gasteiger partial charge in [0.2, 0.25) is 0 Å². The van der Waals surface area contributed by atoms with Crippen LogP contribution < -0.4 is 4.90 Å². The second kappa shape index (κ2) is 6.64. The van der Waals surface area contributed by atoms with Crippen molar-refractivity contribution in [1.82, 2.24) is 0 Å². The Balaban J connectivity index is 3.06. The van der Waals surface area contributed by atoms with Gasteiger partial charge in [-0.05, 0) is 31.5 Å². The number of carboxylic acids is 1. The third-order valence-corrected chi connectivity index (χ3v) is 3.19. The van der Waals surface area contributed by atoms with Gasteiger partial charge in [-0.15, -0.1) is 0 Å². The standard InChI is InChI=1S/C13H18BrNO2/c1-3-5-8-15(4-2)12-9-10(14)6-7-11(12)13(16)17/h6-7,9H,3-5,8H2,1-2H3,(H,16,17). The van der Waals surface area contributed by atoms with Crippen molar-refractivity contribution in [3.8, 4) is 0 Å². The molecule has 3 nitrogen and oxygen atoms in total. The van der Waals surface area contributed by atoms with E-state index in [1.807, 2.05) is 13.0 Å². The van der Waals surface area contributed by atoms with Crippen LogP contribution in [0, 0.1) is 0 Å². The molecule has 94 valence electrons. The van der Waals surface area contributed by atoms with Crippen molar-refractivity contribution in [3.05, 3.63) is 28.2 Å². The quantitative estimate of drug-likeness (QED) is 0.869. The molecule has 0 saturated carbocycles. The number of aromatic carboxylic acids is 1. The molecule has 0 saturated heterocycles. The lowest BCUT2D eigenvalue weighted by Gasteiger charge is -2.24. The lowest BCUT2D eigenvalue weighted by molar-refractivity contribution is 0.0697. The van der Waals surface area contributed by atoms with E-state index >= 15 is 0 Å². The Morgan fingerprint density at radius 1 is 1.41 bits per heavy atom. The smallest absolute Gasteiger partial charge is 0.337 e. The van der Waals surface area contributed by atoms with E-state index in [2.05, 4.69) is 27.8 Å². The average molecular weight is 300 g/mol. The number of carbonyl (C=O) groups is 1. The molecular weight excluding hydrogens is 282 g/mol. The van der Waals surface area contributed by atoms with Crippen LogP contribution in [0.25, 0.3) is 0 Å². The number of carboxylic acid groups (broad SMARTS) is 1. The summed E-state index contributed by atoms with van der Waals surface area (Å²) in [4.78, 5) is 13.3. The topological polar surface area (TPSA) is 40.5 Å². The molecule has 4 heteroatoms. The van der Waals surface area contributed by atoms with Crippen LogP contribution in [0.5, 0.6) is 0 Å². The van der Waals surface area contributed by atoms with Crippen molar-refractivity contribution in [2.45, 2.75) is 26.7 Å². The molecule has 1 N–H and O–H groups in total. The summed E-state index contributed by atoms with van der Waals surface area (Å²) in [7, 11) is 0. The van der Waals surface area contributed by atoms with Crippen LogP contribution in [0.2, 0.25) is 0 Å². The molecule has 17 heavy (non-hydrogen) atoms. The SMILES string of the molecule is CCCCN(CC)c1cc(Br)ccc1C(=O)O. The van der Waals surface area contributed by atoms with E-state index in [4.69, 9.17) is 0 Å². The second-order valence-electron chi connectivity index (χ2n) is 3.90. The first-order chi connectivity index (χ1) is 8.10. The fourth-order valence-electron chi connectivity index (χ4n) is 1.75. The van der Waals surface area contributed by atoms with Crippen LogP contribution in [0.15, 0.2) is 22.7 Å². The predicted molar refractivity (Wildman–Crippen MR) is 73.9 cm³/mol. The third-order valence-electron chi connectivity index (χ3n) is 2.69. The number of hydrogen-bond donors (Lipinski definition) is 1. The van der Waals surface area contributed by atoms with Crippen LogP contribution in [0.1, 0.15) is 37.0 Å². The lowest BCUT2D eigenvalue weighted by Crippen LogP contribution is -2.25. The highest BCUT2D eigenvalue weighted by Gasteiger charge is 2.14. The van der Waals surface area contributed by atoms with Crippen molar-refractivity contribution in [2.75, 3.05) is 18.0 Å². The third kappa shape index (κ3) is 3.73. The van der Waals surface area contributed by atoms with Crippen molar-refractivity contribution in [2.24, 2.45) is 0 Å². The van der Waals surface area contributed by atoms with E-state index in [1.165, 1.54) is 0 Å². The summed E-state index contributed by atoms with van der Waals surface area (Å²) in [6, 6.07) is 5.29. The van der Waals surface area contributed by atoms with Crippen molar-refractivity contribution < 1.29 is 9.90 Å². The zero-order valence-corrected chi connectivity index (χ0v) is 11.8. The van der Waals surface area contributed by atoms with Crippen LogP contribution >= 0.6 is 15.9 Å². The molecule has 0 atom stereocenters. The molecule has 0 amide bonds. The van der Waals surface area contributed by atoms with Gasteiger partial charge >= 0.3 is 5.97 Å². The molecule has 1 aromatic carbocycles. The molecule has 1 rings (SSSR count). The van der Waals surface area contributed by atoms with Gasteiger partial charge in [-0.2, -0.15) is 0 Å². The number of halogens is 1. The normalized spacial score (nSPS) is 10.3. The number of hydrogen-bond acceptors (Lipinski definition) is 2.